The lowest BCUT2D eigenvalue weighted by atomic mass is 9.85. The van der Waals surface area contributed by atoms with Gasteiger partial charge in [-0.25, -0.2) is 0 Å². The molecule has 0 aromatic heterocycles. The van der Waals surface area contributed by atoms with Gasteiger partial charge in [0, 0.05) is 0 Å². The quantitative estimate of drug-likeness (QED) is 0.647. The Balaban J connectivity index is 2.50. The molecule has 6 nitrogen and oxygen atoms in total. The van der Waals surface area contributed by atoms with Gasteiger partial charge in [0.25, 0.3) is 20.2 Å². The van der Waals surface area contributed by atoms with E-state index in [0.717, 1.165) is 6.42 Å². The summed E-state index contributed by atoms with van der Waals surface area (Å²) in [6.45, 7) is 3.96. The zero-order valence-electron chi connectivity index (χ0n) is 13.3. The molecule has 1 rings (SSSR count). The normalized spacial score (nSPS) is 26.5. The molecule has 1 saturated carbocycles. The average Bonchev–Trinajstić information content (AvgIpc) is 2.41. The van der Waals surface area contributed by atoms with Gasteiger partial charge in [0.2, 0.25) is 0 Å². The third-order valence-electron chi connectivity index (χ3n) is 4.90. The van der Waals surface area contributed by atoms with E-state index >= 15 is 0 Å². The summed E-state index contributed by atoms with van der Waals surface area (Å²) in [4.78, 5) is 0. The summed E-state index contributed by atoms with van der Waals surface area (Å²) in [5, 5.41) is -1.41. The summed E-state index contributed by atoms with van der Waals surface area (Å²) in [5.74, 6) is 0.501. The maximum Gasteiger partial charge on any atom is 0.267 e. The molecule has 22 heavy (non-hydrogen) atoms. The molecule has 0 aromatic rings. The molecular formula is C14H28O6S2. The Labute approximate surface area is 134 Å². The Morgan fingerprint density at radius 1 is 1.05 bits per heavy atom. The molecule has 2 unspecified atom stereocenters. The van der Waals surface area contributed by atoms with Crippen molar-refractivity contribution in [2.24, 2.45) is 11.8 Å². The summed E-state index contributed by atoms with van der Waals surface area (Å²) in [6, 6.07) is 0. The lowest BCUT2D eigenvalue weighted by Gasteiger charge is -2.27. The van der Waals surface area contributed by atoms with Crippen molar-refractivity contribution in [2.45, 2.75) is 75.7 Å². The van der Waals surface area contributed by atoms with Crippen LogP contribution in [0, 0.1) is 11.8 Å². The molecule has 1 aliphatic carbocycles. The highest BCUT2D eigenvalue weighted by Crippen LogP contribution is 2.32. The van der Waals surface area contributed by atoms with Crippen molar-refractivity contribution in [3.8, 4) is 0 Å². The molecule has 8 heteroatoms. The largest absolute Gasteiger partial charge is 0.285 e. The predicted octanol–water partition coefficient (Wildman–Crippen LogP) is 2.91. The van der Waals surface area contributed by atoms with Crippen LogP contribution in [-0.4, -0.2) is 36.4 Å². The van der Waals surface area contributed by atoms with E-state index in [1.165, 1.54) is 0 Å². The molecular weight excluding hydrogens is 328 g/mol. The van der Waals surface area contributed by atoms with Gasteiger partial charge in [-0.05, 0) is 56.8 Å². The van der Waals surface area contributed by atoms with Gasteiger partial charge in [-0.3, -0.25) is 9.11 Å². The standard InChI is InChI=1S/C14H28O6S2/c1-3-11(2)10-14(22(18,19)20)9-6-12-4-7-13(8-5-12)21(15,16)17/h11-14H,3-10H2,1-2H3,(H,15,16,17)(H,18,19,20). The van der Waals surface area contributed by atoms with Gasteiger partial charge in [-0.15, -0.1) is 0 Å². The molecule has 132 valence electrons. The minimum Gasteiger partial charge on any atom is -0.285 e. The van der Waals surface area contributed by atoms with E-state index in [-0.39, 0.29) is 11.8 Å². The van der Waals surface area contributed by atoms with E-state index < -0.39 is 30.7 Å². The van der Waals surface area contributed by atoms with Crippen LogP contribution in [0.15, 0.2) is 0 Å². The van der Waals surface area contributed by atoms with Crippen LogP contribution in [0.25, 0.3) is 0 Å². The number of hydrogen-bond donors (Lipinski definition) is 2. The zero-order valence-corrected chi connectivity index (χ0v) is 14.9. The molecule has 1 fully saturated rings. The lowest BCUT2D eigenvalue weighted by Crippen LogP contribution is -2.28. The van der Waals surface area contributed by atoms with Crippen LogP contribution < -0.4 is 0 Å². The molecule has 0 radical (unpaired) electrons. The van der Waals surface area contributed by atoms with Gasteiger partial charge in [0.1, 0.15) is 0 Å². The minimum atomic E-state index is -4.04. The topological polar surface area (TPSA) is 109 Å². The molecule has 0 aromatic carbocycles. The molecule has 1 aliphatic rings. The van der Waals surface area contributed by atoms with Crippen LogP contribution in [0.4, 0.5) is 0 Å². The zero-order chi connectivity index (χ0) is 17.0. The Bertz CT molecular complexity index is 532. The van der Waals surface area contributed by atoms with E-state index in [2.05, 4.69) is 0 Å². The minimum absolute atomic E-state index is 0.238. The highest BCUT2D eigenvalue weighted by Gasteiger charge is 2.31. The smallest absolute Gasteiger partial charge is 0.267 e. The van der Waals surface area contributed by atoms with Crippen molar-refractivity contribution in [3.63, 3.8) is 0 Å². The molecule has 0 heterocycles. The van der Waals surface area contributed by atoms with Crippen LogP contribution in [0.5, 0.6) is 0 Å². The van der Waals surface area contributed by atoms with Gasteiger partial charge < -0.3 is 0 Å². The van der Waals surface area contributed by atoms with Crippen molar-refractivity contribution >= 4 is 20.2 Å². The van der Waals surface area contributed by atoms with Crippen LogP contribution in [-0.2, 0) is 20.2 Å². The van der Waals surface area contributed by atoms with Crippen LogP contribution in [0.1, 0.15) is 65.2 Å². The highest BCUT2D eigenvalue weighted by molar-refractivity contribution is 7.86. The Hall–Kier alpha value is -0.180. The van der Waals surface area contributed by atoms with Gasteiger partial charge >= 0.3 is 0 Å². The Morgan fingerprint density at radius 3 is 2.00 bits per heavy atom. The molecule has 2 N–H and O–H groups in total. The van der Waals surface area contributed by atoms with Gasteiger partial charge in [0.15, 0.2) is 0 Å². The first-order valence-electron chi connectivity index (χ1n) is 7.96. The predicted molar refractivity (Wildman–Crippen MR) is 85.9 cm³/mol. The lowest BCUT2D eigenvalue weighted by molar-refractivity contribution is 0.313. The third-order valence-corrected chi connectivity index (χ3v) is 7.48. The van der Waals surface area contributed by atoms with E-state index in [4.69, 9.17) is 4.55 Å². The van der Waals surface area contributed by atoms with Crippen molar-refractivity contribution in [1.29, 1.82) is 0 Å². The maximum absolute atomic E-state index is 11.5. The second kappa shape index (κ2) is 8.08. The molecule has 0 spiro atoms. The second-order valence-electron chi connectivity index (χ2n) is 6.62. The first-order valence-corrected chi connectivity index (χ1v) is 11.0. The summed E-state index contributed by atoms with van der Waals surface area (Å²) < 4.78 is 63.5. The number of rotatable bonds is 8. The summed E-state index contributed by atoms with van der Waals surface area (Å²) in [5.41, 5.74) is 0. The number of hydrogen-bond acceptors (Lipinski definition) is 4. The second-order valence-corrected chi connectivity index (χ2v) is 10.0. The summed E-state index contributed by atoms with van der Waals surface area (Å²) in [7, 11) is -8.00. The maximum atomic E-state index is 11.5. The third kappa shape index (κ3) is 6.52. The molecule has 0 aliphatic heterocycles. The van der Waals surface area contributed by atoms with Crippen molar-refractivity contribution < 1.29 is 25.9 Å². The summed E-state index contributed by atoms with van der Waals surface area (Å²) >= 11 is 0. The van der Waals surface area contributed by atoms with Gasteiger partial charge in [-0.1, -0.05) is 20.3 Å². The van der Waals surface area contributed by atoms with Gasteiger partial charge in [0.05, 0.1) is 10.5 Å². The fourth-order valence-electron chi connectivity index (χ4n) is 3.14. The fourth-order valence-corrected chi connectivity index (χ4v) is 5.02. The van der Waals surface area contributed by atoms with E-state index in [1.807, 2.05) is 13.8 Å². The monoisotopic (exact) mass is 356 g/mol. The van der Waals surface area contributed by atoms with E-state index in [1.54, 1.807) is 0 Å². The SMILES string of the molecule is CCC(C)CC(CCC1CCC(S(=O)(=O)O)CC1)S(=O)(=O)O. The summed E-state index contributed by atoms with van der Waals surface area (Å²) in [6.07, 6.45) is 4.58. The van der Waals surface area contributed by atoms with Crippen LogP contribution in [0.2, 0.25) is 0 Å². The van der Waals surface area contributed by atoms with Crippen LogP contribution >= 0.6 is 0 Å². The average molecular weight is 357 g/mol. The van der Waals surface area contributed by atoms with Crippen molar-refractivity contribution in [2.75, 3.05) is 0 Å². The van der Waals surface area contributed by atoms with E-state index in [9.17, 15) is 21.4 Å². The van der Waals surface area contributed by atoms with Crippen molar-refractivity contribution in [1.82, 2.24) is 0 Å². The molecule has 0 saturated heterocycles. The highest BCUT2D eigenvalue weighted by atomic mass is 32.2. The fraction of sp³-hybridized carbons (Fsp3) is 1.00. The first-order chi connectivity index (χ1) is 10.0. The Kier molecular flexibility index (Phi) is 7.29. The van der Waals surface area contributed by atoms with Gasteiger partial charge in [-0.2, -0.15) is 16.8 Å². The van der Waals surface area contributed by atoms with E-state index in [0.29, 0.717) is 44.9 Å². The molecule has 2 atom stereocenters. The molecule has 0 bridgehead atoms. The van der Waals surface area contributed by atoms with Crippen molar-refractivity contribution in [3.05, 3.63) is 0 Å². The Morgan fingerprint density at radius 2 is 1.59 bits per heavy atom. The molecule has 0 amide bonds. The first kappa shape index (κ1) is 19.9. The van der Waals surface area contributed by atoms with Crippen LogP contribution in [0.3, 0.4) is 0 Å².